The van der Waals surface area contributed by atoms with Crippen LogP contribution in [0, 0.1) is 19.8 Å². The maximum atomic E-state index is 6.23. The van der Waals surface area contributed by atoms with Crippen LogP contribution >= 0.6 is 0 Å². The van der Waals surface area contributed by atoms with Gasteiger partial charge < -0.3 is 10.5 Å². The van der Waals surface area contributed by atoms with Crippen molar-refractivity contribution in [3.63, 3.8) is 0 Å². The predicted molar refractivity (Wildman–Crippen MR) is 64.1 cm³/mol. The van der Waals surface area contributed by atoms with Gasteiger partial charge >= 0.3 is 0 Å². The van der Waals surface area contributed by atoms with Crippen LogP contribution in [0.2, 0.25) is 0 Å². The lowest BCUT2D eigenvalue weighted by atomic mass is 9.92. The van der Waals surface area contributed by atoms with E-state index in [1.54, 1.807) is 7.11 Å². The van der Waals surface area contributed by atoms with Crippen LogP contribution in [0.25, 0.3) is 0 Å². The van der Waals surface area contributed by atoms with Crippen molar-refractivity contribution < 1.29 is 4.74 Å². The number of aromatic nitrogens is 2. The van der Waals surface area contributed by atoms with Crippen LogP contribution in [0.3, 0.4) is 0 Å². The first-order valence-corrected chi connectivity index (χ1v) is 5.61. The Labute approximate surface area is 97.2 Å². The second-order valence-electron chi connectivity index (χ2n) is 4.31. The number of aryl methyl sites for hydroxylation is 2. The highest BCUT2D eigenvalue weighted by molar-refractivity contribution is 5.23. The summed E-state index contributed by atoms with van der Waals surface area (Å²) in [6.45, 7) is 6.76. The molecule has 0 saturated carbocycles. The van der Waals surface area contributed by atoms with E-state index in [2.05, 4.69) is 17.1 Å². The van der Waals surface area contributed by atoms with Gasteiger partial charge in [0.25, 0.3) is 0 Å². The van der Waals surface area contributed by atoms with E-state index in [0.717, 1.165) is 30.0 Å². The van der Waals surface area contributed by atoms with Gasteiger partial charge in [-0.3, -0.25) is 0 Å². The minimum Gasteiger partial charge on any atom is -0.385 e. The maximum absolute atomic E-state index is 6.23. The molecule has 0 radical (unpaired) electrons. The first kappa shape index (κ1) is 13.1. The molecule has 0 aliphatic carbocycles. The van der Waals surface area contributed by atoms with Crippen molar-refractivity contribution in [3.8, 4) is 0 Å². The van der Waals surface area contributed by atoms with E-state index < -0.39 is 0 Å². The van der Waals surface area contributed by atoms with Gasteiger partial charge in [0.2, 0.25) is 0 Å². The average Bonchev–Trinajstić information content (AvgIpc) is 2.28. The Morgan fingerprint density at radius 2 is 2.06 bits per heavy atom. The van der Waals surface area contributed by atoms with Crippen LogP contribution in [0.4, 0.5) is 0 Å². The normalized spacial score (nSPS) is 14.8. The van der Waals surface area contributed by atoms with E-state index in [1.807, 2.05) is 19.9 Å². The highest BCUT2D eigenvalue weighted by Gasteiger charge is 2.17. The van der Waals surface area contributed by atoms with Gasteiger partial charge in [-0.25, -0.2) is 0 Å². The molecule has 0 bridgehead atoms. The van der Waals surface area contributed by atoms with Gasteiger partial charge in [0.15, 0.2) is 0 Å². The third-order valence-electron chi connectivity index (χ3n) is 2.89. The van der Waals surface area contributed by atoms with Gasteiger partial charge in [-0.05, 0) is 37.8 Å². The van der Waals surface area contributed by atoms with Crippen molar-refractivity contribution in [2.75, 3.05) is 13.7 Å². The molecule has 0 amide bonds. The molecule has 0 aromatic carbocycles. The smallest absolute Gasteiger partial charge is 0.0648 e. The van der Waals surface area contributed by atoms with Gasteiger partial charge in [0.1, 0.15) is 0 Å². The molecule has 1 rings (SSSR count). The molecule has 16 heavy (non-hydrogen) atoms. The summed E-state index contributed by atoms with van der Waals surface area (Å²) < 4.78 is 5.07. The van der Waals surface area contributed by atoms with Crippen molar-refractivity contribution in [2.45, 2.75) is 33.2 Å². The maximum Gasteiger partial charge on any atom is 0.0648 e. The zero-order valence-corrected chi connectivity index (χ0v) is 10.5. The molecular formula is C12H21N3O. The minimum absolute atomic E-state index is 0.00403. The number of hydrogen-bond donors (Lipinski definition) is 1. The molecule has 1 aromatic rings. The highest BCUT2D eigenvalue weighted by Crippen LogP contribution is 2.23. The molecule has 1 aromatic heterocycles. The molecule has 90 valence electrons. The zero-order valence-electron chi connectivity index (χ0n) is 10.5. The molecule has 1 heterocycles. The van der Waals surface area contributed by atoms with Crippen molar-refractivity contribution in [1.82, 2.24) is 10.2 Å². The van der Waals surface area contributed by atoms with E-state index in [4.69, 9.17) is 10.5 Å². The number of hydrogen-bond acceptors (Lipinski definition) is 4. The number of nitrogens with two attached hydrogens (primary N) is 1. The molecule has 4 nitrogen and oxygen atoms in total. The fraction of sp³-hybridized carbons (Fsp3) is 0.667. The van der Waals surface area contributed by atoms with Crippen LogP contribution < -0.4 is 5.73 Å². The predicted octanol–water partition coefficient (Wildman–Crippen LogP) is 1.77. The molecule has 0 aliphatic heterocycles. The van der Waals surface area contributed by atoms with Crippen molar-refractivity contribution in [3.05, 3.63) is 23.0 Å². The molecule has 2 unspecified atom stereocenters. The summed E-state index contributed by atoms with van der Waals surface area (Å²) in [5, 5.41) is 8.11. The van der Waals surface area contributed by atoms with Crippen LogP contribution in [0.5, 0.6) is 0 Å². The molecule has 0 aliphatic rings. The van der Waals surface area contributed by atoms with Crippen molar-refractivity contribution >= 4 is 0 Å². The molecule has 2 N–H and O–H groups in total. The molecule has 0 fully saturated rings. The minimum atomic E-state index is 0.00403. The summed E-state index contributed by atoms with van der Waals surface area (Å²) in [4.78, 5) is 0. The monoisotopic (exact) mass is 223 g/mol. The first-order chi connectivity index (χ1) is 7.56. The number of nitrogens with zero attached hydrogens (tertiary/aromatic N) is 2. The summed E-state index contributed by atoms with van der Waals surface area (Å²) in [5.41, 5.74) is 9.15. The van der Waals surface area contributed by atoms with E-state index >= 15 is 0 Å². The van der Waals surface area contributed by atoms with Crippen LogP contribution in [0.1, 0.15) is 36.3 Å². The van der Waals surface area contributed by atoms with Gasteiger partial charge in [-0.2, -0.15) is 10.2 Å². The largest absolute Gasteiger partial charge is 0.385 e. The van der Waals surface area contributed by atoms with Gasteiger partial charge in [0.05, 0.1) is 11.4 Å². The summed E-state index contributed by atoms with van der Waals surface area (Å²) >= 11 is 0. The topological polar surface area (TPSA) is 61.0 Å². The summed E-state index contributed by atoms with van der Waals surface area (Å²) in [6, 6.07) is 2.03. The highest BCUT2D eigenvalue weighted by atomic mass is 16.5. The lowest BCUT2D eigenvalue weighted by Gasteiger charge is -2.21. The number of ether oxygens (including phenoxy) is 1. The SMILES string of the molecule is COCCC(C)C(N)c1cc(C)nnc1C. The fourth-order valence-corrected chi connectivity index (χ4v) is 1.70. The quantitative estimate of drug-likeness (QED) is 0.826. The molecule has 0 spiro atoms. The zero-order chi connectivity index (χ0) is 12.1. The van der Waals surface area contributed by atoms with Crippen LogP contribution in [-0.2, 0) is 4.74 Å². The Morgan fingerprint density at radius 1 is 1.38 bits per heavy atom. The fourth-order valence-electron chi connectivity index (χ4n) is 1.70. The van der Waals surface area contributed by atoms with E-state index in [0.29, 0.717) is 5.92 Å². The Morgan fingerprint density at radius 3 is 2.69 bits per heavy atom. The third kappa shape index (κ3) is 3.25. The standard InChI is InChI=1S/C12H21N3O/c1-8(5-6-16-4)12(13)11-7-9(2)14-15-10(11)3/h7-8,12H,5-6,13H2,1-4H3. The Kier molecular flexibility index (Phi) is 4.83. The summed E-state index contributed by atoms with van der Waals surface area (Å²) in [7, 11) is 1.71. The van der Waals surface area contributed by atoms with Gasteiger partial charge in [0, 0.05) is 19.8 Å². The Hall–Kier alpha value is -1.00. The molecule has 0 saturated heterocycles. The second kappa shape index (κ2) is 5.92. The van der Waals surface area contributed by atoms with E-state index in [-0.39, 0.29) is 6.04 Å². The lowest BCUT2D eigenvalue weighted by Crippen LogP contribution is -2.22. The number of methoxy groups -OCH3 is 1. The first-order valence-electron chi connectivity index (χ1n) is 5.61. The summed E-state index contributed by atoms with van der Waals surface area (Å²) in [6.07, 6.45) is 0.957. The Balaban J connectivity index is 2.78. The van der Waals surface area contributed by atoms with E-state index in [9.17, 15) is 0 Å². The third-order valence-corrected chi connectivity index (χ3v) is 2.89. The molecular weight excluding hydrogens is 202 g/mol. The van der Waals surface area contributed by atoms with Crippen LogP contribution in [-0.4, -0.2) is 23.9 Å². The number of rotatable bonds is 5. The molecule has 2 atom stereocenters. The average molecular weight is 223 g/mol. The van der Waals surface area contributed by atoms with E-state index in [1.165, 1.54) is 0 Å². The molecule has 4 heteroatoms. The van der Waals surface area contributed by atoms with Gasteiger partial charge in [-0.1, -0.05) is 6.92 Å². The Bertz CT molecular complexity index is 341. The van der Waals surface area contributed by atoms with Crippen molar-refractivity contribution in [1.29, 1.82) is 0 Å². The summed E-state index contributed by atoms with van der Waals surface area (Å²) in [5.74, 6) is 0.377. The lowest BCUT2D eigenvalue weighted by molar-refractivity contribution is 0.174. The van der Waals surface area contributed by atoms with Crippen LogP contribution in [0.15, 0.2) is 6.07 Å². The second-order valence-corrected chi connectivity index (χ2v) is 4.31. The van der Waals surface area contributed by atoms with Gasteiger partial charge in [-0.15, -0.1) is 0 Å². The van der Waals surface area contributed by atoms with Crippen molar-refractivity contribution in [2.24, 2.45) is 11.7 Å².